The third-order valence-electron chi connectivity index (χ3n) is 6.92. The molecule has 0 atom stereocenters. The van der Waals surface area contributed by atoms with Gasteiger partial charge in [0.2, 0.25) is 10.0 Å². The Bertz CT molecular complexity index is 1310. The highest BCUT2D eigenvalue weighted by Gasteiger charge is 2.23. The number of nitrogens with zero attached hydrogens (tertiary/aromatic N) is 2. The molecule has 1 aliphatic rings. The SMILES string of the molecule is CCCCN(Cc1ccccc1)C(=O)NC1CCN(Cc2ccc(Oc3ccc(NS(C)(=O)=O)cc3)cc2)CC1.Cl. The summed E-state index contributed by atoms with van der Waals surface area (Å²) in [5, 5.41) is 3.29. The molecule has 1 saturated heterocycles. The van der Waals surface area contributed by atoms with E-state index in [9.17, 15) is 13.2 Å². The first-order valence-corrected chi connectivity index (χ1v) is 15.8. The molecule has 0 bridgehead atoms. The van der Waals surface area contributed by atoms with Gasteiger partial charge in [-0.05, 0) is 66.8 Å². The number of rotatable bonds is 12. The molecule has 0 saturated carbocycles. The van der Waals surface area contributed by atoms with Crippen LogP contribution in [0.2, 0.25) is 0 Å². The molecule has 1 aliphatic heterocycles. The van der Waals surface area contributed by atoms with E-state index in [1.165, 1.54) is 5.56 Å². The number of halogens is 1. The predicted molar refractivity (Wildman–Crippen MR) is 167 cm³/mol. The third kappa shape index (κ3) is 10.9. The quantitative estimate of drug-likeness (QED) is 0.256. The molecule has 2 N–H and O–H groups in total. The first-order valence-electron chi connectivity index (χ1n) is 13.9. The number of ether oxygens (including phenoxy) is 1. The molecule has 2 amide bonds. The van der Waals surface area contributed by atoms with Gasteiger partial charge in [0, 0.05) is 44.5 Å². The molecule has 41 heavy (non-hydrogen) atoms. The Morgan fingerprint density at radius 1 is 0.927 bits per heavy atom. The molecule has 0 aliphatic carbocycles. The predicted octanol–water partition coefficient (Wildman–Crippen LogP) is 6.25. The number of unbranched alkanes of at least 4 members (excludes halogenated alkanes) is 1. The Balaban J connectivity index is 0.00000462. The van der Waals surface area contributed by atoms with Gasteiger partial charge in [-0.25, -0.2) is 13.2 Å². The van der Waals surface area contributed by atoms with Gasteiger partial charge in [-0.3, -0.25) is 9.62 Å². The lowest BCUT2D eigenvalue weighted by Crippen LogP contribution is -2.49. The summed E-state index contributed by atoms with van der Waals surface area (Å²) >= 11 is 0. The minimum atomic E-state index is -3.31. The summed E-state index contributed by atoms with van der Waals surface area (Å²) in [7, 11) is -3.31. The molecule has 8 nitrogen and oxygen atoms in total. The second-order valence-electron chi connectivity index (χ2n) is 10.4. The number of hydrogen-bond donors (Lipinski definition) is 2. The fraction of sp³-hybridized carbons (Fsp3) is 0.387. The van der Waals surface area contributed by atoms with Gasteiger partial charge < -0.3 is 15.0 Å². The highest BCUT2D eigenvalue weighted by atomic mass is 35.5. The minimum absolute atomic E-state index is 0. The van der Waals surface area contributed by atoms with E-state index < -0.39 is 10.0 Å². The monoisotopic (exact) mass is 600 g/mol. The van der Waals surface area contributed by atoms with Gasteiger partial charge in [-0.15, -0.1) is 12.4 Å². The first kappa shape index (κ1) is 32.2. The zero-order valence-corrected chi connectivity index (χ0v) is 25.4. The molecule has 10 heteroatoms. The lowest BCUT2D eigenvalue weighted by atomic mass is 10.0. The van der Waals surface area contributed by atoms with E-state index in [1.807, 2.05) is 35.2 Å². The average Bonchev–Trinajstić information content (AvgIpc) is 2.94. The Morgan fingerprint density at radius 2 is 1.54 bits per heavy atom. The average molecular weight is 601 g/mol. The van der Waals surface area contributed by atoms with Gasteiger partial charge >= 0.3 is 6.03 Å². The number of hydrogen-bond acceptors (Lipinski definition) is 5. The Hall–Kier alpha value is -3.27. The Labute approximate surface area is 250 Å². The molecule has 0 aromatic heterocycles. The van der Waals surface area contributed by atoms with Gasteiger partial charge in [0.05, 0.1) is 6.26 Å². The molecular formula is C31H41ClN4O4S. The van der Waals surface area contributed by atoms with Crippen molar-refractivity contribution in [3.63, 3.8) is 0 Å². The highest BCUT2D eigenvalue weighted by molar-refractivity contribution is 7.92. The third-order valence-corrected chi connectivity index (χ3v) is 7.53. The van der Waals surface area contributed by atoms with Gasteiger partial charge in [0.25, 0.3) is 0 Å². The summed E-state index contributed by atoms with van der Waals surface area (Å²) in [4.78, 5) is 17.5. The molecule has 0 radical (unpaired) electrons. The molecule has 1 heterocycles. The van der Waals surface area contributed by atoms with E-state index in [0.717, 1.165) is 69.4 Å². The second kappa shape index (κ2) is 15.7. The fourth-order valence-electron chi connectivity index (χ4n) is 4.77. The topological polar surface area (TPSA) is 91.0 Å². The van der Waals surface area contributed by atoms with E-state index in [-0.39, 0.29) is 24.5 Å². The number of piperidine rings is 1. The van der Waals surface area contributed by atoms with E-state index in [4.69, 9.17) is 4.74 Å². The highest BCUT2D eigenvalue weighted by Crippen LogP contribution is 2.24. The van der Waals surface area contributed by atoms with Crippen LogP contribution >= 0.6 is 12.4 Å². The molecule has 3 aromatic carbocycles. The van der Waals surface area contributed by atoms with Crippen molar-refractivity contribution >= 4 is 34.1 Å². The van der Waals surface area contributed by atoms with E-state index in [1.54, 1.807) is 24.3 Å². The zero-order valence-electron chi connectivity index (χ0n) is 23.8. The van der Waals surface area contributed by atoms with E-state index in [0.29, 0.717) is 18.0 Å². The van der Waals surface area contributed by atoms with Crippen LogP contribution in [0, 0.1) is 0 Å². The van der Waals surface area contributed by atoms with Crippen LogP contribution in [-0.4, -0.2) is 56.2 Å². The van der Waals surface area contributed by atoms with Gasteiger partial charge in [-0.2, -0.15) is 0 Å². The van der Waals surface area contributed by atoms with Crippen LogP contribution in [-0.2, 0) is 23.1 Å². The summed E-state index contributed by atoms with van der Waals surface area (Å²) in [6.45, 7) is 6.27. The molecule has 3 aromatic rings. The van der Waals surface area contributed by atoms with Gasteiger partial charge in [-0.1, -0.05) is 55.8 Å². The van der Waals surface area contributed by atoms with Crippen molar-refractivity contribution in [3.8, 4) is 11.5 Å². The Kier molecular flexibility index (Phi) is 12.3. The van der Waals surface area contributed by atoms with Crippen molar-refractivity contribution in [2.75, 3.05) is 30.6 Å². The van der Waals surface area contributed by atoms with Crippen molar-refractivity contribution < 1.29 is 17.9 Å². The van der Waals surface area contributed by atoms with Crippen LogP contribution in [0.5, 0.6) is 11.5 Å². The van der Waals surface area contributed by atoms with Crippen LogP contribution < -0.4 is 14.8 Å². The number of carbonyl (C=O) groups excluding carboxylic acids is 1. The van der Waals surface area contributed by atoms with Crippen LogP contribution in [0.3, 0.4) is 0 Å². The van der Waals surface area contributed by atoms with Crippen LogP contribution in [0.25, 0.3) is 0 Å². The second-order valence-corrected chi connectivity index (χ2v) is 12.2. The number of amides is 2. The number of benzene rings is 3. The number of nitrogens with one attached hydrogen (secondary N) is 2. The summed E-state index contributed by atoms with van der Waals surface area (Å²) in [5.41, 5.74) is 2.85. The van der Waals surface area contributed by atoms with E-state index >= 15 is 0 Å². The van der Waals surface area contributed by atoms with Crippen molar-refractivity contribution in [2.24, 2.45) is 0 Å². The largest absolute Gasteiger partial charge is 0.457 e. The van der Waals surface area contributed by atoms with Crippen molar-refractivity contribution in [2.45, 2.75) is 51.7 Å². The number of carbonyl (C=O) groups is 1. The van der Waals surface area contributed by atoms with Crippen LogP contribution in [0.1, 0.15) is 43.7 Å². The Morgan fingerprint density at radius 3 is 2.12 bits per heavy atom. The molecule has 1 fully saturated rings. The smallest absolute Gasteiger partial charge is 0.317 e. The van der Waals surface area contributed by atoms with Crippen LogP contribution in [0.4, 0.5) is 10.5 Å². The van der Waals surface area contributed by atoms with Gasteiger partial charge in [0.1, 0.15) is 11.5 Å². The summed E-state index contributed by atoms with van der Waals surface area (Å²) in [6.07, 6.45) is 5.04. The summed E-state index contributed by atoms with van der Waals surface area (Å²) in [5.74, 6) is 1.35. The lowest BCUT2D eigenvalue weighted by Gasteiger charge is -2.34. The standard InChI is InChI=1S/C31H40N4O4S.ClH/c1-3-4-20-35(24-25-8-6-5-7-9-25)31(36)32-27-18-21-34(22-19-27)23-26-10-14-29(15-11-26)39-30-16-12-28(13-17-30)33-40(2,37)38;/h5-17,27,33H,3-4,18-24H2,1-2H3,(H,32,36);1H. The van der Waals surface area contributed by atoms with E-state index in [2.05, 4.69) is 46.1 Å². The van der Waals surface area contributed by atoms with Crippen molar-refractivity contribution in [1.29, 1.82) is 0 Å². The fourth-order valence-corrected chi connectivity index (χ4v) is 5.33. The maximum Gasteiger partial charge on any atom is 0.317 e. The molecule has 0 unspecified atom stereocenters. The lowest BCUT2D eigenvalue weighted by molar-refractivity contribution is 0.166. The molecule has 4 rings (SSSR count). The molecule has 0 spiro atoms. The number of sulfonamides is 1. The normalized spacial score (nSPS) is 14.1. The molecule has 222 valence electrons. The molecular weight excluding hydrogens is 560 g/mol. The summed E-state index contributed by atoms with van der Waals surface area (Å²) in [6, 6.07) is 25.2. The van der Waals surface area contributed by atoms with Crippen molar-refractivity contribution in [3.05, 3.63) is 90.0 Å². The van der Waals surface area contributed by atoms with Crippen molar-refractivity contribution in [1.82, 2.24) is 15.1 Å². The maximum absolute atomic E-state index is 13.1. The number of likely N-dealkylation sites (tertiary alicyclic amines) is 1. The van der Waals surface area contributed by atoms with Gasteiger partial charge in [0.15, 0.2) is 0 Å². The first-order chi connectivity index (χ1) is 19.3. The zero-order chi connectivity index (χ0) is 28.4. The minimum Gasteiger partial charge on any atom is -0.457 e. The maximum atomic E-state index is 13.1. The van der Waals surface area contributed by atoms with Crippen LogP contribution in [0.15, 0.2) is 78.9 Å². The summed E-state index contributed by atoms with van der Waals surface area (Å²) < 4.78 is 31.1. The number of urea groups is 1. The number of anilines is 1.